The van der Waals surface area contributed by atoms with Gasteiger partial charge in [0.1, 0.15) is 18.5 Å². The van der Waals surface area contributed by atoms with Crippen LogP contribution in [0.25, 0.3) is 11.3 Å². The number of fused-ring (bicyclic) bond motifs is 1. The van der Waals surface area contributed by atoms with Crippen LogP contribution in [0.2, 0.25) is 5.02 Å². The highest BCUT2D eigenvalue weighted by atomic mass is 35.5. The van der Waals surface area contributed by atoms with E-state index in [2.05, 4.69) is 27.5 Å². The number of anilines is 2. The number of carbonyl (C=O) groups is 1. The number of aromatic amines is 1. The molecule has 1 saturated heterocycles. The molecule has 1 fully saturated rings. The van der Waals surface area contributed by atoms with Crippen molar-refractivity contribution < 1.29 is 19.0 Å². The highest BCUT2D eigenvalue weighted by molar-refractivity contribution is 6.31. The molecule has 1 aromatic carbocycles. The van der Waals surface area contributed by atoms with Crippen LogP contribution >= 0.6 is 11.6 Å². The first-order chi connectivity index (χ1) is 16.5. The van der Waals surface area contributed by atoms with Crippen LogP contribution in [0.3, 0.4) is 0 Å². The molecule has 0 aliphatic carbocycles. The van der Waals surface area contributed by atoms with Gasteiger partial charge in [0.25, 0.3) is 5.91 Å². The van der Waals surface area contributed by atoms with E-state index in [0.717, 1.165) is 28.2 Å². The fourth-order valence-corrected chi connectivity index (χ4v) is 4.46. The lowest BCUT2D eigenvalue weighted by Gasteiger charge is -2.23. The van der Waals surface area contributed by atoms with E-state index >= 15 is 0 Å². The van der Waals surface area contributed by atoms with Crippen molar-refractivity contribution >= 4 is 28.9 Å². The standard InChI is InChI=1S/C25H27ClN4O4/c1-14-10-28-25(31)21-22(14)30-23(24(21)29-19-5-3-4-18(26)15(19)2)17-6-7-27-11-20(17)34-13-16-12-32-8-9-33-16/h3-7,11,14,16,29-30H,8-10,12-13H2,1-2H3,(H,28,31)/t14-,16-/m0/s1. The maximum atomic E-state index is 13.0. The molecule has 4 heterocycles. The summed E-state index contributed by atoms with van der Waals surface area (Å²) in [6, 6.07) is 7.55. The Labute approximate surface area is 203 Å². The molecule has 2 aliphatic heterocycles. The van der Waals surface area contributed by atoms with Gasteiger partial charge in [-0.15, -0.1) is 0 Å². The van der Waals surface area contributed by atoms with Crippen LogP contribution < -0.4 is 15.4 Å². The van der Waals surface area contributed by atoms with Crippen molar-refractivity contribution in [2.75, 3.05) is 38.3 Å². The number of nitrogens with zero attached hydrogens (tertiary/aromatic N) is 1. The van der Waals surface area contributed by atoms with Gasteiger partial charge in [-0.2, -0.15) is 0 Å². The summed E-state index contributed by atoms with van der Waals surface area (Å²) < 4.78 is 17.3. The fourth-order valence-electron chi connectivity index (χ4n) is 4.28. The number of ether oxygens (including phenoxy) is 3. The summed E-state index contributed by atoms with van der Waals surface area (Å²) in [6.07, 6.45) is 3.24. The number of aromatic nitrogens is 2. The van der Waals surface area contributed by atoms with E-state index in [9.17, 15) is 4.79 Å². The lowest BCUT2D eigenvalue weighted by molar-refractivity contribution is -0.101. The summed E-state index contributed by atoms with van der Waals surface area (Å²) in [6.45, 7) is 6.58. The predicted molar refractivity (Wildman–Crippen MR) is 130 cm³/mol. The molecule has 3 aromatic rings. The number of hydrogen-bond donors (Lipinski definition) is 3. The number of halogens is 1. The lowest BCUT2D eigenvalue weighted by Crippen LogP contribution is -2.33. The van der Waals surface area contributed by atoms with Crippen LogP contribution in [0.1, 0.15) is 34.5 Å². The molecular weight excluding hydrogens is 456 g/mol. The minimum absolute atomic E-state index is 0.123. The highest BCUT2D eigenvalue weighted by Crippen LogP contribution is 2.42. The molecular formula is C25H27ClN4O4. The topological polar surface area (TPSA) is 97.5 Å². The number of amides is 1. The Morgan fingerprint density at radius 2 is 2.18 bits per heavy atom. The monoisotopic (exact) mass is 482 g/mol. The summed E-state index contributed by atoms with van der Waals surface area (Å²) in [5, 5.41) is 7.11. The summed E-state index contributed by atoms with van der Waals surface area (Å²) in [4.78, 5) is 20.8. The highest BCUT2D eigenvalue weighted by Gasteiger charge is 2.32. The molecule has 0 radical (unpaired) electrons. The third-order valence-electron chi connectivity index (χ3n) is 6.21. The molecule has 1 amide bonds. The SMILES string of the molecule is Cc1c(Cl)cccc1Nc1c(-c2ccncc2OC[C@@H]2COCCO2)[nH]c2c1C(=O)NC[C@@H]2C. The molecule has 3 N–H and O–H groups in total. The van der Waals surface area contributed by atoms with Crippen LogP contribution in [-0.2, 0) is 9.47 Å². The van der Waals surface area contributed by atoms with Crippen LogP contribution in [0.4, 0.5) is 11.4 Å². The molecule has 0 bridgehead atoms. The van der Waals surface area contributed by atoms with Gasteiger partial charge in [0.2, 0.25) is 0 Å². The largest absolute Gasteiger partial charge is 0.488 e. The summed E-state index contributed by atoms with van der Waals surface area (Å²) in [5.41, 5.74) is 5.43. The van der Waals surface area contributed by atoms with Crippen molar-refractivity contribution in [3.05, 3.63) is 58.5 Å². The quantitative estimate of drug-likeness (QED) is 0.481. The first-order valence-corrected chi connectivity index (χ1v) is 11.7. The molecule has 0 unspecified atom stereocenters. The van der Waals surface area contributed by atoms with E-state index in [1.54, 1.807) is 12.4 Å². The predicted octanol–water partition coefficient (Wildman–Crippen LogP) is 4.42. The van der Waals surface area contributed by atoms with Crippen molar-refractivity contribution in [1.29, 1.82) is 0 Å². The van der Waals surface area contributed by atoms with Crippen molar-refractivity contribution in [3.63, 3.8) is 0 Å². The van der Waals surface area contributed by atoms with Gasteiger partial charge in [0.15, 0.2) is 0 Å². The molecule has 9 heteroatoms. The second kappa shape index (κ2) is 9.66. The van der Waals surface area contributed by atoms with E-state index < -0.39 is 0 Å². The maximum Gasteiger partial charge on any atom is 0.255 e. The molecule has 34 heavy (non-hydrogen) atoms. The number of pyridine rings is 1. The van der Waals surface area contributed by atoms with Gasteiger partial charge in [-0.25, -0.2) is 0 Å². The number of nitrogens with one attached hydrogen (secondary N) is 3. The molecule has 0 spiro atoms. The number of H-pyrrole nitrogens is 1. The van der Waals surface area contributed by atoms with Crippen molar-refractivity contribution in [3.8, 4) is 17.0 Å². The number of carbonyl (C=O) groups excluding carboxylic acids is 1. The first-order valence-electron chi connectivity index (χ1n) is 11.4. The molecule has 2 aliphatic rings. The zero-order valence-corrected chi connectivity index (χ0v) is 19.9. The average Bonchev–Trinajstić information content (AvgIpc) is 3.24. The Kier molecular flexibility index (Phi) is 6.45. The molecule has 5 rings (SSSR count). The third-order valence-corrected chi connectivity index (χ3v) is 6.62. The third kappa shape index (κ3) is 4.36. The summed E-state index contributed by atoms with van der Waals surface area (Å²) in [7, 11) is 0. The first kappa shape index (κ1) is 22.7. The minimum Gasteiger partial charge on any atom is -0.488 e. The molecule has 8 nitrogen and oxygen atoms in total. The van der Waals surface area contributed by atoms with Gasteiger partial charge in [-0.05, 0) is 30.7 Å². The Morgan fingerprint density at radius 1 is 1.29 bits per heavy atom. The van der Waals surface area contributed by atoms with Crippen molar-refractivity contribution in [1.82, 2.24) is 15.3 Å². The minimum atomic E-state index is -0.142. The van der Waals surface area contributed by atoms with E-state index in [0.29, 0.717) is 55.0 Å². The second-order valence-electron chi connectivity index (χ2n) is 8.56. The number of rotatable bonds is 6. The van der Waals surface area contributed by atoms with E-state index in [1.165, 1.54) is 0 Å². The zero-order valence-electron chi connectivity index (χ0n) is 19.1. The number of benzene rings is 1. The van der Waals surface area contributed by atoms with Crippen LogP contribution in [0, 0.1) is 6.92 Å². The fraction of sp³-hybridized carbons (Fsp3) is 0.360. The zero-order chi connectivity index (χ0) is 23.7. The Balaban J connectivity index is 1.57. The van der Waals surface area contributed by atoms with E-state index in [4.69, 9.17) is 25.8 Å². The Hall–Kier alpha value is -3.07. The van der Waals surface area contributed by atoms with Crippen LogP contribution in [0.5, 0.6) is 5.75 Å². The van der Waals surface area contributed by atoms with Gasteiger partial charge in [0.05, 0.1) is 43.0 Å². The van der Waals surface area contributed by atoms with Crippen molar-refractivity contribution in [2.24, 2.45) is 0 Å². The van der Waals surface area contributed by atoms with E-state index in [1.807, 2.05) is 31.2 Å². The van der Waals surface area contributed by atoms with Gasteiger partial charge < -0.3 is 29.8 Å². The Bertz CT molecular complexity index is 1210. The average molecular weight is 483 g/mol. The van der Waals surface area contributed by atoms with Crippen molar-refractivity contribution in [2.45, 2.75) is 25.9 Å². The van der Waals surface area contributed by atoms with Gasteiger partial charge in [0, 0.05) is 40.6 Å². The summed E-state index contributed by atoms with van der Waals surface area (Å²) in [5.74, 6) is 0.595. The smallest absolute Gasteiger partial charge is 0.255 e. The van der Waals surface area contributed by atoms with Crippen LogP contribution in [-0.4, -0.2) is 55.0 Å². The van der Waals surface area contributed by atoms with E-state index in [-0.39, 0.29) is 17.9 Å². The Morgan fingerprint density at radius 3 is 3.00 bits per heavy atom. The number of hydrogen-bond acceptors (Lipinski definition) is 6. The maximum absolute atomic E-state index is 13.0. The molecule has 178 valence electrons. The second-order valence-corrected chi connectivity index (χ2v) is 8.97. The molecule has 2 atom stereocenters. The lowest BCUT2D eigenvalue weighted by atomic mass is 9.98. The molecule has 0 saturated carbocycles. The van der Waals surface area contributed by atoms with Gasteiger partial charge >= 0.3 is 0 Å². The van der Waals surface area contributed by atoms with Crippen LogP contribution in [0.15, 0.2) is 36.7 Å². The molecule has 2 aromatic heterocycles. The normalized spacial score (nSPS) is 19.9. The van der Waals surface area contributed by atoms with Gasteiger partial charge in [-0.3, -0.25) is 9.78 Å². The summed E-state index contributed by atoms with van der Waals surface area (Å²) >= 11 is 6.37. The van der Waals surface area contributed by atoms with Gasteiger partial charge in [-0.1, -0.05) is 24.6 Å².